The molecule has 116 valence electrons. The smallest absolute Gasteiger partial charge is 0.143 e. The maximum atomic E-state index is 6.35. The Morgan fingerprint density at radius 1 is 1.09 bits per heavy atom. The van der Waals surface area contributed by atoms with Gasteiger partial charge in [-0.3, -0.25) is 0 Å². The van der Waals surface area contributed by atoms with Crippen LogP contribution in [0.3, 0.4) is 0 Å². The molecule has 2 aromatic heterocycles. The minimum absolute atomic E-state index is 0.455. The van der Waals surface area contributed by atoms with Crippen LogP contribution < -0.4 is 0 Å². The quantitative estimate of drug-likeness (QED) is 0.684. The summed E-state index contributed by atoms with van der Waals surface area (Å²) in [5, 5.41) is 4.73. The lowest BCUT2D eigenvalue weighted by Crippen LogP contribution is -1.99. The monoisotopic (exact) mass is 325 g/mol. The molecule has 0 N–H and O–H groups in total. The van der Waals surface area contributed by atoms with Crippen molar-refractivity contribution in [3.05, 3.63) is 52.6 Å². The summed E-state index contributed by atoms with van der Waals surface area (Å²) in [4.78, 5) is 9.51. The molecular weight excluding hydrogens is 310 g/mol. The van der Waals surface area contributed by atoms with Gasteiger partial charge in [0.25, 0.3) is 0 Å². The second-order valence-corrected chi connectivity index (χ2v) is 6.36. The van der Waals surface area contributed by atoms with Crippen LogP contribution in [0, 0.1) is 13.8 Å². The van der Waals surface area contributed by atoms with Crippen molar-refractivity contribution >= 4 is 11.6 Å². The number of hydrogen-bond acceptors (Lipinski definition) is 4. The zero-order valence-electron chi connectivity index (χ0n) is 13.0. The second kappa shape index (κ2) is 5.46. The fourth-order valence-corrected chi connectivity index (χ4v) is 3.01. The van der Waals surface area contributed by atoms with Crippen LogP contribution in [0.4, 0.5) is 0 Å². The van der Waals surface area contributed by atoms with E-state index in [1.807, 2.05) is 44.2 Å². The highest BCUT2D eigenvalue weighted by atomic mass is 35.5. The predicted molar refractivity (Wildman–Crippen MR) is 89.4 cm³/mol. The SMILES string of the molecule is Cc1noc(C)c1-c1cc(-c2ccccc2Cl)nc(C2CC2)n1. The van der Waals surface area contributed by atoms with Gasteiger partial charge in [-0.1, -0.05) is 35.0 Å². The first-order valence-corrected chi connectivity index (χ1v) is 8.08. The summed E-state index contributed by atoms with van der Waals surface area (Å²) in [7, 11) is 0. The Balaban J connectivity index is 1.92. The molecule has 2 heterocycles. The summed E-state index contributed by atoms with van der Waals surface area (Å²) in [5.41, 5.74) is 4.41. The minimum Gasteiger partial charge on any atom is -0.361 e. The van der Waals surface area contributed by atoms with Gasteiger partial charge in [0.05, 0.1) is 22.6 Å². The highest BCUT2D eigenvalue weighted by molar-refractivity contribution is 6.33. The zero-order chi connectivity index (χ0) is 16.0. The van der Waals surface area contributed by atoms with Crippen LogP contribution in [0.25, 0.3) is 22.5 Å². The van der Waals surface area contributed by atoms with Crippen LogP contribution in [-0.4, -0.2) is 15.1 Å². The number of benzene rings is 1. The zero-order valence-corrected chi connectivity index (χ0v) is 13.8. The standard InChI is InChI=1S/C18H16ClN3O/c1-10-17(11(2)23-22-10)16-9-15(13-5-3-4-6-14(13)19)20-18(21-16)12-7-8-12/h3-6,9,12H,7-8H2,1-2H3. The van der Waals surface area contributed by atoms with E-state index in [-0.39, 0.29) is 0 Å². The van der Waals surface area contributed by atoms with Crippen molar-refractivity contribution in [3.8, 4) is 22.5 Å². The first-order chi connectivity index (χ1) is 11.1. The van der Waals surface area contributed by atoms with Crippen LogP contribution >= 0.6 is 11.6 Å². The molecule has 3 aromatic rings. The Hall–Kier alpha value is -2.20. The van der Waals surface area contributed by atoms with Gasteiger partial charge < -0.3 is 4.52 Å². The Kier molecular flexibility index (Phi) is 3.42. The third-order valence-corrected chi connectivity index (χ3v) is 4.45. The van der Waals surface area contributed by atoms with Crippen LogP contribution in [0.15, 0.2) is 34.9 Å². The largest absolute Gasteiger partial charge is 0.361 e. The third-order valence-electron chi connectivity index (χ3n) is 4.13. The Bertz CT molecular complexity index is 864. The van der Waals surface area contributed by atoms with E-state index in [9.17, 15) is 0 Å². The van der Waals surface area contributed by atoms with Gasteiger partial charge in [-0.05, 0) is 38.8 Å². The molecule has 0 radical (unpaired) electrons. The molecule has 23 heavy (non-hydrogen) atoms. The highest BCUT2D eigenvalue weighted by Crippen LogP contribution is 2.40. The topological polar surface area (TPSA) is 51.8 Å². The number of aromatic nitrogens is 3. The van der Waals surface area contributed by atoms with Crippen molar-refractivity contribution in [1.29, 1.82) is 0 Å². The van der Waals surface area contributed by atoms with Crippen molar-refractivity contribution in [3.63, 3.8) is 0 Å². The normalized spacial score (nSPS) is 14.2. The van der Waals surface area contributed by atoms with E-state index in [2.05, 4.69) is 5.16 Å². The van der Waals surface area contributed by atoms with Crippen LogP contribution in [0.1, 0.15) is 36.0 Å². The summed E-state index contributed by atoms with van der Waals surface area (Å²) >= 11 is 6.35. The molecule has 0 amide bonds. The van der Waals surface area contributed by atoms with E-state index in [0.717, 1.165) is 52.6 Å². The molecule has 0 unspecified atom stereocenters. The molecule has 1 aromatic carbocycles. The summed E-state index contributed by atoms with van der Waals surface area (Å²) < 4.78 is 5.30. The fraction of sp³-hybridized carbons (Fsp3) is 0.278. The molecule has 1 saturated carbocycles. The van der Waals surface area contributed by atoms with Crippen molar-refractivity contribution in [2.45, 2.75) is 32.6 Å². The number of hydrogen-bond donors (Lipinski definition) is 0. The average molecular weight is 326 g/mol. The maximum Gasteiger partial charge on any atom is 0.143 e. The molecule has 0 aliphatic heterocycles. The molecule has 0 saturated heterocycles. The Morgan fingerprint density at radius 2 is 1.83 bits per heavy atom. The van der Waals surface area contributed by atoms with Crippen LogP contribution in [-0.2, 0) is 0 Å². The summed E-state index contributed by atoms with van der Waals surface area (Å²) in [6, 6.07) is 9.73. The number of halogens is 1. The fourth-order valence-electron chi connectivity index (χ4n) is 2.77. The molecule has 0 atom stereocenters. The first-order valence-electron chi connectivity index (χ1n) is 7.70. The average Bonchev–Trinajstić information content (AvgIpc) is 3.33. The van der Waals surface area contributed by atoms with Gasteiger partial charge in [0, 0.05) is 16.5 Å². The van der Waals surface area contributed by atoms with E-state index in [0.29, 0.717) is 10.9 Å². The van der Waals surface area contributed by atoms with E-state index >= 15 is 0 Å². The molecule has 0 bridgehead atoms. The first kappa shape index (κ1) is 14.4. The molecule has 1 aliphatic carbocycles. The van der Waals surface area contributed by atoms with Gasteiger partial charge in [-0.2, -0.15) is 0 Å². The number of rotatable bonds is 3. The van der Waals surface area contributed by atoms with Gasteiger partial charge in [-0.15, -0.1) is 0 Å². The molecule has 1 aliphatic rings. The summed E-state index contributed by atoms with van der Waals surface area (Å²) in [6.07, 6.45) is 2.29. The highest BCUT2D eigenvalue weighted by Gasteiger charge is 2.28. The lowest BCUT2D eigenvalue weighted by atomic mass is 10.1. The van der Waals surface area contributed by atoms with Crippen molar-refractivity contribution in [2.24, 2.45) is 0 Å². The molecule has 1 fully saturated rings. The Labute approximate surface area is 139 Å². The lowest BCUT2D eigenvalue weighted by molar-refractivity contribution is 0.393. The van der Waals surface area contributed by atoms with Gasteiger partial charge in [0.15, 0.2) is 0 Å². The van der Waals surface area contributed by atoms with Crippen molar-refractivity contribution in [2.75, 3.05) is 0 Å². The number of aryl methyl sites for hydroxylation is 2. The van der Waals surface area contributed by atoms with Crippen LogP contribution in [0.2, 0.25) is 5.02 Å². The van der Waals surface area contributed by atoms with E-state index < -0.39 is 0 Å². The van der Waals surface area contributed by atoms with Crippen molar-refractivity contribution < 1.29 is 4.52 Å². The minimum atomic E-state index is 0.455. The second-order valence-electron chi connectivity index (χ2n) is 5.95. The Morgan fingerprint density at radius 3 is 2.48 bits per heavy atom. The van der Waals surface area contributed by atoms with Gasteiger partial charge in [0.1, 0.15) is 11.6 Å². The van der Waals surface area contributed by atoms with Gasteiger partial charge in [-0.25, -0.2) is 9.97 Å². The molecule has 4 rings (SSSR count). The van der Waals surface area contributed by atoms with E-state index in [1.54, 1.807) is 0 Å². The van der Waals surface area contributed by atoms with E-state index in [4.69, 9.17) is 26.1 Å². The summed E-state index contributed by atoms with van der Waals surface area (Å²) in [5.74, 6) is 2.11. The molecule has 0 spiro atoms. The molecule has 4 nitrogen and oxygen atoms in total. The summed E-state index contributed by atoms with van der Waals surface area (Å²) in [6.45, 7) is 3.84. The molecule has 5 heteroatoms. The third kappa shape index (κ3) is 2.63. The predicted octanol–water partition coefficient (Wildman–Crippen LogP) is 4.95. The maximum absolute atomic E-state index is 6.35. The molecular formula is C18H16ClN3O. The van der Waals surface area contributed by atoms with Gasteiger partial charge >= 0.3 is 0 Å². The van der Waals surface area contributed by atoms with E-state index in [1.165, 1.54) is 0 Å². The van der Waals surface area contributed by atoms with Crippen LogP contribution in [0.5, 0.6) is 0 Å². The lowest BCUT2D eigenvalue weighted by Gasteiger charge is -2.09. The number of nitrogens with zero attached hydrogens (tertiary/aromatic N) is 3. The van der Waals surface area contributed by atoms with Crippen molar-refractivity contribution in [1.82, 2.24) is 15.1 Å². The van der Waals surface area contributed by atoms with Gasteiger partial charge in [0.2, 0.25) is 0 Å².